The van der Waals surface area contributed by atoms with E-state index in [2.05, 4.69) is 0 Å². The van der Waals surface area contributed by atoms with Crippen LogP contribution in [0.5, 0.6) is 0 Å². The molecule has 0 aliphatic carbocycles. The topological polar surface area (TPSA) is 54.4 Å². The maximum atomic E-state index is 11.4. The van der Waals surface area contributed by atoms with Gasteiger partial charge < -0.3 is 5.11 Å². The number of carboxylic acid groups (broad SMARTS) is 1. The van der Waals surface area contributed by atoms with Gasteiger partial charge in [0, 0.05) is 4.90 Å². The molecule has 0 saturated heterocycles. The van der Waals surface area contributed by atoms with Crippen LogP contribution >= 0.6 is 0 Å². The van der Waals surface area contributed by atoms with Crippen LogP contribution in [0.2, 0.25) is 0 Å². The molecule has 1 rings (SSSR count). The monoisotopic (exact) mass is 212 g/mol. The second kappa shape index (κ2) is 4.91. The van der Waals surface area contributed by atoms with Crippen LogP contribution in [0.15, 0.2) is 29.2 Å². The first-order chi connectivity index (χ1) is 6.63. The fraction of sp³-hybridized carbons (Fsp3) is 0.300. The summed E-state index contributed by atoms with van der Waals surface area (Å²) in [6.07, 6.45) is 0.922. The van der Waals surface area contributed by atoms with E-state index in [0.717, 1.165) is 12.0 Å². The van der Waals surface area contributed by atoms with Crippen molar-refractivity contribution >= 4 is 16.8 Å². The molecule has 0 fully saturated rings. The highest BCUT2D eigenvalue weighted by molar-refractivity contribution is 7.85. The molecule has 0 spiro atoms. The zero-order valence-corrected chi connectivity index (χ0v) is 8.71. The van der Waals surface area contributed by atoms with Crippen molar-refractivity contribution in [3.63, 3.8) is 0 Å². The average Bonchev–Trinajstić information content (AvgIpc) is 2.17. The molecule has 1 N–H and O–H groups in total. The number of aliphatic carboxylic acids is 1. The second-order valence-electron chi connectivity index (χ2n) is 2.88. The van der Waals surface area contributed by atoms with Crippen LogP contribution in [0.4, 0.5) is 0 Å². The summed E-state index contributed by atoms with van der Waals surface area (Å²) in [6.45, 7) is 2.03. The van der Waals surface area contributed by atoms with E-state index in [1.54, 1.807) is 12.1 Å². The summed E-state index contributed by atoms with van der Waals surface area (Å²) in [5.41, 5.74) is 1.15. The predicted octanol–water partition coefficient (Wildman–Crippen LogP) is 1.44. The highest BCUT2D eigenvalue weighted by Gasteiger charge is 2.07. The Morgan fingerprint density at radius 3 is 2.36 bits per heavy atom. The van der Waals surface area contributed by atoms with Gasteiger partial charge in [0.05, 0.1) is 10.8 Å². The van der Waals surface area contributed by atoms with Crippen molar-refractivity contribution in [3.8, 4) is 0 Å². The molecule has 0 amide bonds. The Kier molecular flexibility index (Phi) is 3.83. The molecule has 1 aromatic rings. The summed E-state index contributed by atoms with van der Waals surface area (Å²) in [5.74, 6) is -1.37. The summed E-state index contributed by atoms with van der Waals surface area (Å²) < 4.78 is 11.4. The zero-order valence-electron chi connectivity index (χ0n) is 7.90. The van der Waals surface area contributed by atoms with Gasteiger partial charge in [-0.3, -0.25) is 9.00 Å². The lowest BCUT2D eigenvalue weighted by atomic mass is 10.2. The Balaban J connectivity index is 2.76. The summed E-state index contributed by atoms with van der Waals surface area (Å²) in [4.78, 5) is 10.9. The molecular weight excluding hydrogens is 200 g/mol. The maximum absolute atomic E-state index is 11.4. The van der Waals surface area contributed by atoms with Gasteiger partial charge in [0.15, 0.2) is 0 Å². The Hall–Kier alpha value is -1.16. The van der Waals surface area contributed by atoms with Gasteiger partial charge in [-0.05, 0) is 24.1 Å². The third kappa shape index (κ3) is 2.96. The molecule has 0 aliphatic rings. The number of hydrogen-bond acceptors (Lipinski definition) is 2. The average molecular weight is 212 g/mol. The summed E-state index contributed by atoms with van der Waals surface area (Å²) >= 11 is 0. The molecule has 0 bridgehead atoms. The zero-order chi connectivity index (χ0) is 10.6. The second-order valence-corrected chi connectivity index (χ2v) is 4.33. The standard InChI is InChI=1S/C10H12O3S/c1-2-8-3-5-9(6-4-8)14(13)7-10(11)12/h3-6H,2,7H2,1H3,(H,11,12). The number of hydrogen-bond donors (Lipinski definition) is 1. The van der Waals surface area contributed by atoms with Gasteiger partial charge in [0.1, 0.15) is 5.75 Å². The summed E-state index contributed by atoms with van der Waals surface area (Å²) in [5, 5.41) is 8.45. The fourth-order valence-electron chi connectivity index (χ4n) is 1.07. The van der Waals surface area contributed by atoms with Crippen molar-refractivity contribution in [2.75, 3.05) is 5.75 Å². The molecular formula is C10H12O3S. The molecule has 1 aromatic carbocycles. The molecule has 4 heteroatoms. The minimum Gasteiger partial charge on any atom is -0.481 e. The van der Waals surface area contributed by atoms with Gasteiger partial charge in [0.2, 0.25) is 0 Å². The third-order valence-corrected chi connectivity index (χ3v) is 3.16. The van der Waals surface area contributed by atoms with Gasteiger partial charge in [-0.25, -0.2) is 0 Å². The SMILES string of the molecule is CCc1ccc(S(=O)CC(=O)O)cc1. The van der Waals surface area contributed by atoms with Crippen molar-refractivity contribution in [1.29, 1.82) is 0 Å². The first-order valence-electron chi connectivity index (χ1n) is 4.32. The molecule has 1 atom stereocenters. The van der Waals surface area contributed by atoms with E-state index >= 15 is 0 Å². The van der Waals surface area contributed by atoms with Crippen molar-refractivity contribution in [2.24, 2.45) is 0 Å². The smallest absolute Gasteiger partial charge is 0.316 e. The quantitative estimate of drug-likeness (QED) is 0.821. The summed E-state index contributed by atoms with van der Waals surface area (Å²) in [6, 6.07) is 7.18. The number of rotatable bonds is 4. The van der Waals surface area contributed by atoms with Crippen molar-refractivity contribution in [3.05, 3.63) is 29.8 Å². The molecule has 1 unspecified atom stereocenters. The number of carboxylic acids is 1. The number of carbonyl (C=O) groups is 1. The highest BCUT2D eigenvalue weighted by atomic mass is 32.2. The van der Waals surface area contributed by atoms with Gasteiger partial charge in [0.25, 0.3) is 0 Å². The van der Waals surface area contributed by atoms with Gasteiger partial charge in [-0.2, -0.15) is 0 Å². The largest absolute Gasteiger partial charge is 0.481 e. The van der Waals surface area contributed by atoms with Crippen LogP contribution in [0.3, 0.4) is 0 Å². The molecule has 0 aliphatic heterocycles. The van der Waals surface area contributed by atoms with E-state index in [4.69, 9.17) is 5.11 Å². The molecule has 0 heterocycles. The van der Waals surface area contributed by atoms with Crippen molar-refractivity contribution in [2.45, 2.75) is 18.2 Å². The van der Waals surface area contributed by atoms with Gasteiger partial charge >= 0.3 is 5.97 Å². The highest BCUT2D eigenvalue weighted by Crippen LogP contribution is 2.09. The Morgan fingerprint density at radius 2 is 1.93 bits per heavy atom. The van der Waals surface area contributed by atoms with E-state index in [1.807, 2.05) is 19.1 Å². The summed E-state index contributed by atoms with van der Waals surface area (Å²) in [7, 11) is -1.42. The van der Waals surface area contributed by atoms with E-state index < -0.39 is 16.8 Å². The first kappa shape index (κ1) is 10.9. The maximum Gasteiger partial charge on any atom is 0.316 e. The molecule has 3 nitrogen and oxygen atoms in total. The van der Waals surface area contributed by atoms with Crippen LogP contribution in [0.1, 0.15) is 12.5 Å². The Morgan fingerprint density at radius 1 is 1.36 bits per heavy atom. The predicted molar refractivity (Wildman–Crippen MR) is 54.7 cm³/mol. The van der Waals surface area contributed by atoms with Crippen LogP contribution in [0, 0.1) is 0 Å². The van der Waals surface area contributed by atoms with Crippen LogP contribution < -0.4 is 0 Å². The van der Waals surface area contributed by atoms with Gasteiger partial charge in [-0.1, -0.05) is 19.1 Å². The van der Waals surface area contributed by atoms with Crippen LogP contribution in [-0.2, 0) is 22.0 Å². The van der Waals surface area contributed by atoms with Crippen LogP contribution in [-0.4, -0.2) is 21.0 Å². The Labute approximate surface area is 85.2 Å². The van der Waals surface area contributed by atoms with E-state index in [0.29, 0.717) is 4.90 Å². The lowest BCUT2D eigenvalue weighted by molar-refractivity contribution is -0.133. The minimum absolute atomic E-state index is 0.328. The van der Waals surface area contributed by atoms with E-state index in [-0.39, 0.29) is 5.75 Å². The van der Waals surface area contributed by atoms with Crippen molar-refractivity contribution in [1.82, 2.24) is 0 Å². The molecule has 0 radical (unpaired) electrons. The lowest BCUT2D eigenvalue weighted by Gasteiger charge is -2.00. The molecule has 0 aromatic heterocycles. The van der Waals surface area contributed by atoms with E-state index in [9.17, 15) is 9.00 Å². The number of aryl methyl sites for hydroxylation is 1. The lowest BCUT2D eigenvalue weighted by Crippen LogP contribution is -2.09. The van der Waals surface area contributed by atoms with Gasteiger partial charge in [-0.15, -0.1) is 0 Å². The minimum atomic E-state index is -1.42. The third-order valence-electron chi connectivity index (χ3n) is 1.85. The number of benzene rings is 1. The van der Waals surface area contributed by atoms with E-state index in [1.165, 1.54) is 0 Å². The Bertz CT molecular complexity index is 343. The molecule has 0 saturated carbocycles. The fourth-order valence-corrected chi connectivity index (χ4v) is 1.90. The van der Waals surface area contributed by atoms with Crippen molar-refractivity contribution < 1.29 is 14.1 Å². The van der Waals surface area contributed by atoms with Crippen LogP contribution in [0.25, 0.3) is 0 Å². The molecule has 14 heavy (non-hydrogen) atoms. The normalized spacial score (nSPS) is 12.4. The molecule has 76 valence electrons. The first-order valence-corrected chi connectivity index (χ1v) is 5.64.